The van der Waals surface area contributed by atoms with E-state index in [0.717, 1.165) is 0 Å². The number of hydrogen-bond acceptors (Lipinski definition) is 4. The largest absolute Gasteiger partial charge is 0.389 e. The van der Waals surface area contributed by atoms with Crippen molar-refractivity contribution in [3.8, 4) is 0 Å². The molecule has 3 N–H and O–H groups in total. The summed E-state index contributed by atoms with van der Waals surface area (Å²) < 4.78 is 4.72. The maximum Gasteiger partial charge on any atom is 0.233 e. The van der Waals surface area contributed by atoms with Gasteiger partial charge in [-0.1, -0.05) is 0 Å². The van der Waals surface area contributed by atoms with Gasteiger partial charge in [0.2, 0.25) is 5.91 Å². The minimum atomic E-state index is -0.556. The van der Waals surface area contributed by atoms with E-state index in [4.69, 9.17) is 4.74 Å². The zero-order valence-electron chi connectivity index (χ0n) is 8.17. The van der Waals surface area contributed by atoms with Gasteiger partial charge in [0.05, 0.1) is 19.3 Å². The van der Waals surface area contributed by atoms with Crippen LogP contribution in [0.25, 0.3) is 0 Å². The van der Waals surface area contributed by atoms with Crippen molar-refractivity contribution in [3.05, 3.63) is 0 Å². The Hall–Kier alpha value is -0.650. The number of ether oxygens (including phenoxy) is 1. The van der Waals surface area contributed by atoms with Gasteiger partial charge in [0.1, 0.15) is 0 Å². The summed E-state index contributed by atoms with van der Waals surface area (Å²) in [5.41, 5.74) is 0. The third kappa shape index (κ3) is 7.70. The van der Waals surface area contributed by atoms with Crippen LogP contribution in [0.5, 0.6) is 0 Å². The number of hydrogen-bond donors (Lipinski definition) is 3. The summed E-state index contributed by atoms with van der Waals surface area (Å²) >= 11 is 0. The maximum absolute atomic E-state index is 10.9. The molecular weight excluding hydrogens is 172 g/mol. The number of aliphatic hydroxyl groups is 1. The predicted octanol–water partition coefficient (Wildman–Crippen LogP) is -1.28. The normalized spacial score (nSPS) is 12.5. The summed E-state index contributed by atoms with van der Waals surface area (Å²) in [6.07, 6.45) is -0.556. The molecule has 5 nitrogen and oxygen atoms in total. The third-order valence-corrected chi connectivity index (χ3v) is 1.40. The van der Waals surface area contributed by atoms with E-state index in [1.54, 1.807) is 0 Å². The highest BCUT2D eigenvalue weighted by atomic mass is 16.5. The van der Waals surface area contributed by atoms with Crippen LogP contribution in [0.15, 0.2) is 0 Å². The summed E-state index contributed by atoms with van der Waals surface area (Å²) in [7, 11) is 1.52. The van der Waals surface area contributed by atoms with Gasteiger partial charge in [0.25, 0.3) is 0 Å². The summed E-state index contributed by atoms with van der Waals surface area (Å²) in [5, 5.41) is 14.6. The van der Waals surface area contributed by atoms with Crippen molar-refractivity contribution >= 4 is 5.91 Å². The number of methoxy groups -OCH3 is 1. The number of carbonyl (C=O) groups excluding carboxylic acids is 1. The van der Waals surface area contributed by atoms with E-state index in [2.05, 4.69) is 10.6 Å². The smallest absolute Gasteiger partial charge is 0.233 e. The van der Waals surface area contributed by atoms with Crippen molar-refractivity contribution < 1.29 is 14.6 Å². The Morgan fingerprint density at radius 3 is 2.85 bits per heavy atom. The molecule has 1 unspecified atom stereocenters. The molecule has 1 atom stereocenters. The lowest BCUT2D eigenvalue weighted by Gasteiger charge is -2.10. The molecule has 0 aromatic heterocycles. The topological polar surface area (TPSA) is 70.6 Å². The molecule has 0 spiro atoms. The molecule has 0 radical (unpaired) electrons. The zero-order valence-corrected chi connectivity index (χ0v) is 8.17. The zero-order chi connectivity index (χ0) is 10.1. The molecular formula is C8H18N2O3. The molecule has 78 valence electrons. The standard InChI is InChI=1S/C8H18N2O3/c1-3-10-8(12)5-9-4-7(11)6-13-2/h7,9,11H,3-6H2,1-2H3,(H,10,12). The summed E-state index contributed by atoms with van der Waals surface area (Å²) in [4.78, 5) is 10.9. The van der Waals surface area contributed by atoms with Crippen LogP contribution in [0.3, 0.4) is 0 Å². The lowest BCUT2D eigenvalue weighted by Crippen LogP contribution is -2.38. The molecule has 0 aliphatic carbocycles. The van der Waals surface area contributed by atoms with Crippen molar-refractivity contribution in [1.82, 2.24) is 10.6 Å². The van der Waals surface area contributed by atoms with Crippen LogP contribution in [-0.2, 0) is 9.53 Å². The molecule has 1 amide bonds. The van der Waals surface area contributed by atoms with E-state index < -0.39 is 6.10 Å². The molecule has 0 aromatic carbocycles. The highest BCUT2D eigenvalue weighted by Gasteiger charge is 2.03. The van der Waals surface area contributed by atoms with Gasteiger partial charge < -0.3 is 20.5 Å². The molecule has 0 saturated carbocycles. The third-order valence-electron chi connectivity index (χ3n) is 1.40. The fraction of sp³-hybridized carbons (Fsp3) is 0.875. The first-order valence-electron chi connectivity index (χ1n) is 4.35. The molecule has 0 fully saturated rings. The Morgan fingerprint density at radius 1 is 1.62 bits per heavy atom. The minimum Gasteiger partial charge on any atom is -0.389 e. The SMILES string of the molecule is CCNC(=O)CNCC(O)COC. The van der Waals surface area contributed by atoms with Gasteiger partial charge in [-0.05, 0) is 6.92 Å². The van der Waals surface area contributed by atoms with E-state index in [0.29, 0.717) is 13.1 Å². The molecule has 0 aromatic rings. The first kappa shape index (κ1) is 12.3. The van der Waals surface area contributed by atoms with Gasteiger partial charge in [0.15, 0.2) is 0 Å². The van der Waals surface area contributed by atoms with E-state index >= 15 is 0 Å². The van der Waals surface area contributed by atoms with Crippen molar-refractivity contribution in [2.24, 2.45) is 0 Å². The molecule has 0 rings (SSSR count). The first-order chi connectivity index (χ1) is 6.20. The quantitative estimate of drug-likeness (QED) is 0.467. The van der Waals surface area contributed by atoms with E-state index in [9.17, 15) is 9.90 Å². The number of amides is 1. The van der Waals surface area contributed by atoms with Gasteiger partial charge in [-0.2, -0.15) is 0 Å². The van der Waals surface area contributed by atoms with Gasteiger partial charge in [-0.3, -0.25) is 4.79 Å². The Balaban J connectivity index is 3.28. The summed E-state index contributed by atoms with van der Waals surface area (Å²) in [5.74, 6) is -0.0629. The number of carbonyl (C=O) groups is 1. The van der Waals surface area contributed by atoms with Gasteiger partial charge >= 0.3 is 0 Å². The van der Waals surface area contributed by atoms with Gasteiger partial charge in [0, 0.05) is 20.2 Å². The molecule has 13 heavy (non-hydrogen) atoms. The molecule has 0 aliphatic rings. The minimum absolute atomic E-state index is 0.0629. The number of rotatable bonds is 7. The molecule has 0 heterocycles. The van der Waals surface area contributed by atoms with Crippen LogP contribution in [0.2, 0.25) is 0 Å². The second-order valence-corrected chi connectivity index (χ2v) is 2.69. The van der Waals surface area contributed by atoms with Gasteiger partial charge in [-0.25, -0.2) is 0 Å². The fourth-order valence-corrected chi connectivity index (χ4v) is 0.863. The lowest BCUT2D eigenvalue weighted by molar-refractivity contribution is -0.120. The number of likely N-dealkylation sites (N-methyl/N-ethyl adjacent to an activating group) is 1. The lowest BCUT2D eigenvalue weighted by atomic mass is 10.4. The number of nitrogens with one attached hydrogen (secondary N) is 2. The molecule has 0 bridgehead atoms. The van der Waals surface area contributed by atoms with Crippen molar-refractivity contribution in [3.63, 3.8) is 0 Å². The van der Waals surface area contributed by atoms with Crippen molar-refractivity contribution in [2.75, 3.05) is 33.4 Å². The van der Waals surface area contributed by atoms with Crippen molar-refractivity contribution in [1.29, 1.82) is 0 Å². The second-order valence-electron chi connectivity index (χ2n) is 2.69. The number of aliphatic hydroxyl groups excluding tert-OH is 1. The summed E-state index contributed by atoms with van der Waals surface area (Å²) in [6, 6.07) is 0. The molecule has 5 heteroatoms. The van der Waals surface area contributed by atoms with Crippen LogP contribution in [0.1, 0.15) is 6.92 Å². The van der Waals surface area contributed by atoms with Crippen LogP contribution in [0, 0.1) is 0 Å². The predicted molar refractivity (Wildman–Crippen MR) is 49.4 cm³/mol. The van der Waals surface area contributed by atoms with Crippen LogP contribution >= 0.6 is 0 Å². The fourth-order valence-electron chi connectivity index (χ4n) is 0.863. The van der Waals surface area contributed by atoms with Crippen LogP contribution in [-0.4, -0.2) is 50.5 Å². The van der Waals surface area contributed by atoms with Crippen LogP contribution in [0.4, 0.5) is 0 Å². The Labute approximate surface area is 78.5 Å². The van der Waals surface area contributed by atoms with E-state index in [1.165, 1.54) is 7.11 Å². The van der Waals surface area contributed by atoms with Crippen molar-refractivity contribution in [2.45, 2.75) is 13.0 Å². The Kier molecular flexibility index (Phi) is 7.57. The van der Waals surface area contributed by atoms with E-state index in [-0.39, 0.29) is 19.1 Å². The average Bonchev–Trinajstić information content (AvgIpc) is 2.05. The first-order valence-corrected chi connectivity index (χ1v) is 4.35. The Bertz CT molecular complexity index is 141. The highest BCUT2D eigenvalue weighted by molar-refractivity contribution is 5.77. The highest BCUT2D eigenvalue weighted by Crippen LogP contribution is 1.80. The monoisotopic (exact) mass is 190 g/mol. The average molecular weight is 190 g/mol. The van der Waals surface area contributed by atoms with Gasteiger partial charge in [-0.15, -0.1) is 0 Å². The van der Waals surface area contributed by atoms with Crippen LogP contribution < -0.4 is 10.6 Å². The Morgan fingerprint density at radius 2 is 2.31 bits per heavy atom. The van der Waals surface area contributed by atoms with E-state index in [1.807, 2.05) is 6.92 Å². The second kappa shape index (κ2) is 7.97. The molecule has 0 saturated heterocycles. The maximum atomic E-state index is 10.9. The molecule has 0 aliphatic heterocycles. The summed E-state index contributed by atoms with van der Waals surface area (Å²) in [6.45, 7) is 3.36.